The Kier molecular flexibility index (Phi) is 2.47. The molecule has 2 nitrogen and oxygen atoms in total. The number of carbonyl (C=O) groups is 1. The van der Waals surface area contributed by atoms with Crippen LogP contribution in [-0.2, 0) is 4.79 Å². The monoisotopic (exact) mass is 159 g/mol. The van der Waals surface area contributed by atoms with Crippen molar-refractivity contribution in [1.29, 1.82) is 0 Å². The average molecular weight is 159 g/mol. The van der Waals surface area contributed by atoms with Crippen LogP contribution in [0.2, 0.25) is 0 Å². The number of carbonyl (C=O) groups excluding carboxylic acids is 1. The van der Waals surface area contributed by atoms with Crippen molar-refractivity contribution < 1.29 is 9.18 Å². The third kappa shape index (κ3) is 1.70. The van der Waals surface area contributed by atoms with Crippen LogP contribution >= 0.6 is 0 Å². The van der Waals surface area contributed by atoms with Crippen LogP contribution < -0.4 is 0 Å². The summed E-state index contributed by atoms with van der Waals surface area (Å²) in [4.78, 5) is 12.5. The molecule has 0 bridgehead atoms. The average Bonchev–Trinajstić information content (AvgIpc) is 2.30. The highest BCUT2D eigenvalue weighted by atomic mass is 19.1. The highest BCUT2D eigenvalue weighted by Gasteiger charge is 2.31. The molecule has 0 saturated carbocycles. The SMILES string of the molecule is CC[C@@H]1CC(F)CN1C(C)=O. The fourth-order valence-corrected chi connectivity index (χ4v) is 1.63. The Balaban J connectivity index is 2.57. The van der Waals surface area contributed by atoms with E-state index in [2.05, 4.69) is 0 Å². The molecule has 0 aromatic carbocycles. The molecule has 3 heteroatoms. The minimum absolute atomic E-state index is 0.00278. The number of halogens is 1. The minimum atomic E-state index is -0.802. The normalized spacial score (nSPS) is 31.0. The van der Waals surface area contributed by atoms with E-state index in [1.807, 2.05) is 6.92 Å². The molecule has 0 N–H and O–H groups in total. The summed E-state index contributed by atoms with van der Waals surface area (Å²) in [7, 11) is 0. The van der Waals surface area contributed by atoms with Crippen molar-refractivity contribution in [1.82, 2.24) is 4.90 Å². The highest BCUT2D eigenvalue weighted by molar-refractivity contribution is 5.74. The van der Waals surface area contributed by atoms with Crippen LogP contribution in [0.1, 0.15) is 26.7 Å². The zero-order valence-corrected chi connectivity index (χ0v) is 7.01. The maximum atomic E-state index is 12.8. The van der Waals surface area contributed by atoms with E-state index < -0.39 is 6.17 Å². The van der Waals surface area contributed by atoms with Crippen LogP contribution in [0.3, 0.4) is 0 Å². The zero-order chi connectivity index (χ0) is 8.43. The molecule has 1 fully saturated rings. The Bertz CT molecular complexity index is 160. The quantitative estimate of drug-likeness (QED) is 0.565. The Morgan fingerprint density at radius 3 is 2.73 bits per heavy atom. The summed E-state index contributed by atoms with van der Waals surface area (Å²) in [5, 5.41) is 0. The fourth-order valence-electron chi connectivity index (χ4n) is 1.63. The van der Waals surface area contributed by atoms with Crippen LogP contribution in [-0.4, -0.2) is 29.6 Å². The molecule has 1 aliphatic rings. The number of likely N-dealkylation sites (tertiary alicyclic amines) is 1. The van der Waals surface area contributed by atoms with Crippen molar-refractivity contribution in [2.24, 2.45) is 0 Å². The molecular weight excluding hydrogens is 145 g/mol. The largest absolute Gasteiger partial charge is 0.337 e. The van der Waals surface area contributed by atoms with E-state index in [4.69, 9.17) is 0 Å². The first-order chi connectivity index (χ1) is 5.15. The molecule has 11 heavy (non-hydrogen) atoms. The highest BCUT2D eigenvalue weighted by Crippen LogP contribution is 2.22. The lowest BCUT2D eigenvalue weighted by molar-refractivity contribution is -0.129. The molecule has 1 aliphatic heterocycles. The molecule has 0 aliphatic carbocycles. The standard InChI is InChI=1S/C8H14FNO/c1-3-8-4-7(9)5-10(8)6(2)11/h7-8H,3-5H2,1-2H3/t7?,8-/m1/s1. The smallest absolute Gasteiger partial charge is 0.219 e. The van der Waals surface area contributed by atoms with E-state index in [1.165, 1.54) is 6.92 Å². The third-order valence-electron chi connectivity index (χ3n) is 2.24. The first-order valence-corrected chi connectivity index (χ1v) is 4.06. The fraction of sp³-hybridized carbons (Fsp3) is 0.875. The predicted octanol–water partition coefficient (Wildman–Crippen LogP) is 1.36. The number of hydrogen-bond acceptors (Lipinski definition) is 1. The van der Waals surface area contributed by atoms with Crippen molar-refractivity contribution in [2.45, 2.75) is 38.9 Å². The zero-order valence-electron chi connectivity index (χ0n) is 7.01. The predicted molar refractivity (Wildman–Crippen MR) is 41.0 cm³/mol. The Morgan fingerprint density at radius 1 is 1.73 bits per heavy atom. The number of rotatable bonds is 1. The molecule has 1 rings (SSSR count). The van der Waals surface area contributed by atoms with Crippen LogP contribution in [0.4, 0.5) is 4.39 Å². The summed E-state index contributed by atoms with van der Waals surface area (Å²) < 4.78 is 12.8. The van der Waals surface area contributed by atoms with E-state index in [1.54, 1.807) is 4.90 Å². The van der Waals surface area contributed by atoms with Crippen LogP contribution in [0, 0.1) is 0 Å². The van der Waals surface area contributed by atoms with Crippen molar-refractivity contribution >= 4 is 5.91 Å². The summed E-state index contributed by atoms with van der Waals surface area (Å²) in [5.74, 6) is -0.00278. The van der Waals surface area contributed by atoms with Gasteiger partial charge in [0.05, 0.1) is 6.54 Å². The maximum absolute atomic E-state index is 12.8. The lowest BCUT2D eigenvalue weighted by Crippen LogP contribution is -2.33. The van der Waals surface area contributed by atoms with Gasteiger partial charge in [-0.1, -0.05) is 6.92 Å². The second-order valence-electron chi connectivity index (χ2n) is 3.07. The van der Waals surface area contributed by atoms with Gasteiger partial charge in [0.1, 0.15) is 6.17 Å². The molecule has 64 valence electrons. The first-order valence-electron chi connectivity index (χ1n) is 4.06. The van der Waals surface area contributed by atoms with Crippen molar-refractivity contribution in [3.8, 4) is 0 Å². The van der Waals surface area contributed by atoms with Gasteiger partial charge in [-0.05, 0) is 6.42 Å². The first kappa shape index (κ1) is 8.50. The topological polar surface area (TPSA) is 20.3 Å². The summed E-state index contributed by atoms with van der Waals surface area (Å²) in [6, 6.07) is 0.141. The molecule has 1 unspecified atom stereocenters. The number of amides is 1. The van der Waals surface area contributed by atoms with Gasteiger partial charge in [0, 0.05) is 19.4 Å². The lowest BCUT2D eigenvalue weighted by Gasteiger charge is -2.20. The van der Waals surface area contributed by atoms with Gasteiger partial charge in [0.15, 0.2) is 0 Å². The molecule has 0 radical (unpaired) electrons. The molecule has 1 saturated heterocycles. The molecule has 0 aromatic rings. The van der Waals surface area contributed by atoms with E-state index in [0.717, 1.165) is 6.42 Å². The van der Waals surface area contributed by atoms with E-state index in [-0.39, 0.29) is 11.9 Å². The lowest BCUT2D eigenvalue weighted by atomic mass is 10.1. The molecule has 2 atom stereocenters. The number of alkyl halides is 1. The van der Waals surface area contributed by atoms with Gasteiger partial charge < -0.3 is 4.90 Å². The van der Waals surface area contributed by atoms with Crippen LogP contribution in [0.15, 0.2) is 0 Å². The summed E-state index contributed by atoms with van der Waals surface area (Å²) in [6.07, 6.45) is 0.583. The van der Waals surface area contributed by atoms with E-state index in [9.17, 15) is 9.18 Å². The number of hydrogen-bond donors (Lipinski definition) is 0. The van der Waals surface area contributed by atoms with Crippen molar-refractivity contribution in [3.63, 3.8) is 0 Å². The van der Waals surface area contributed by atoms with Gasteiger partial charge >= 0.3 is 0 Å². The number of nitrogens with zero attached hydrogens (tertiary/aromatic N) is 1. The van der Waals surface area contributed by atoms with Gasteiger partial charge in [-0.3, -0.25) is 4.79 Å². The van der Waals surface area contributed by atoms with Crippen molar-refractivity contribution in [3.05, 3.63) is 0 Å². The van der Waals surface area contributed by atoms with Gasteiger partial charge in [-0.15, -0.1) is 0 Å². The summed E-state index contributed by atoms with van der Waals surface area (Å²) in [6.45, 7) is 3.78. The Morgan fingerprint density at radius 2 is 2.36 bits per heavy atom. The maximum Gasteiger partial charge on any atom is 0.219 e. The van der Waals surface area contributed by atoms with Crippen LogP contribution in [0.25, 0.3) is 0 Å². The van der Waals surface area contributed by atoms with Gasteiger partial charge in [0.2, 0.25) is 5.91 Å². The molecular formula is C8H14FNO. The van der Waals surface area contributed by atoms with E-state index in [0.29, 0.717) is 13.0 Å². The third-order valence-corrected chi connectivity index (χ3v) is 2.24. The molecule has 1 heterocycles. The van der Waals surface area contributed by atoms with E-state index >= 15 is 0 Å². The summed E-state index contributed by atoms with van der Waals surface area (Å²) >= 11 is 0. The van der Waals surface area contributed by atoms with Crippen molar-refractivity contribution in [2.75, 3.05) is 6.54 Å². The van der Waals surface area contributed by atoms with Gasteiger partial charge in [-0.2, -0.15) is 0 Å². The summed E-state index contributed by atoms with van der Waals surface area (Å²) in [5.41, 5.74) is 0. The van der Waals surface area contributed by atoms with Gasteiger partial charge in [-0.25, -0.2) is 4.39 Å². The Hall–Kier alpha value is -0.600. The molecule has 0 aromatic heterocycles. The molecule has 0 spiro atoms. The Labute approximate surface area is 66.4 Å². The second kappa shape index (κ2) is 3.20. The van der Waals surface area contributed by atoms with Crippen LogP contribution in [0.5, 0.6) is 0 Å². The van der Waals surface area contributed by atoms with Gasteiger partial charge in [0.25, 0.3) is 0 Å². The minimum Gasteiger partial charge on any atom is -0.337 e. The molecule has 1 amide bonds. The second-order valence-corrected chi connectivity index (χ2v) is 3.07.